The van der Waals surface area contributed by atoms with Crippen molar-refractivity contribution in [3.05, 3.63) is 95.2 Å². The van der Waals surface area contributed by atoms with Gasteiger partial charge in [0, 0.05) is 38.3 Å². The molecule has 2 amide bonds. The quantitative estimate of drug-likeness (QED) is 0.260. The zero-order chi connectivity index (χ0) is 28.2. The van der Waals surface area contributed by atoms with Crippen LogP contribution in [0.25, 0.3) is 0 Å². The summed E-state index contributed by atoms with van der Waals surface area (Å²) < 4.78 is 24.5. The van der Waals surface area contributed by atoms with Gasteiger partial charge in [-0.15, -0.1) is 0 Å². The fraction of sp³-hybridized carbons (Fsp3) is 0.438. The van der Waals surface area contributed by atoms with Crippen LogP contribution in [0.15, 0.2) is 71.3 Å². The van der Waals surface area contributed by atoms with E-state index in [-0.39, 0.29) is 37.3 Å². The maximum atomic E-state index is 13.7. The van der Waals surface area contributed by atoms with Gasteiger partial charge >= 0.3 is 0 Å². The summed E-state index contributed by atoms with van der Waals surface area (Å²) in [5.74, 6) is -0.0575. The third-order valence-electron chi connectivity index (χ3n) is 7.24. The second-order valence-electron chi connectivity index (χ2n) is 10.3. The molecule has 0 saturated carbocycles. The lowest BCUT2D eigenvalue weighted by atomic mass is 10.0. The molecule has 8 heteroatoms. The molecule has 1 aliphatic rings. The van der Waals surface area contributed by atoms with Crippen molar-refractivity contribution in [1.29, 1.82) is 0 Å². The van der Waals surface area contributed by atoms with Gasteiger partial charge in [-0.3, -0.25) is 14.5 Å². The predicted molar refractivity (Wildman–Crippen MR) is 152 cm³/mol. The Morgan fingerprint density at radius 2 is 1.62 bits per heavy atom. The van der Waals surface area contributed by atoms with Crippen LogP contribution in [0.3, 0.4) is 0 Å². The topological polar surface area (TPSA) is 66.2 Å². The number of carbonyl (C=O) groups is 2. The summed E-state index contributed by atoms with van der Waals surface area (Å²) >= 11 is 0. The highest BCUT2D eigenvalue weighted by Gasteiger charge is 2.24. The third kappa shape index (κ3) is 9.03. The summed E-state index contributed by atoms with van der Waals surface area (Å²) in [6.07, 6.45) is 6.04. The van der Waals surface area contributed by atoms with Crippen LogP contribution in [0.4, 0.5) is 4.39 Å². The average Bonchev–Trinajstić information content (AvgIpc) is 3.50. The molecule has 0 unspecified atom stereocenters. The van der Waals surface area contributed by atoms with Crippen LogP contribution in [0, 0.1) is 5.82 Å². The molecular weight excluding hydrogens is 509 g/mol. The number of unbranched alkanes of at least 4 members (excludes halogenated alkanes) is 2. The standard InChI is InChI=1S/C32H40FN3O4/c1-2-3-4-6-26-8-12-28(13-9-26)32(38)35(17-16-34-18-21-39-22-19-34)25-31(37)36(24-30-7-5-20-40-30)23-27-10-14-29(33)15-11-27/h5,7-15,20H,2-4,6,16-19,21-25H2,1H3. The molecule has 7 nitrogen and oxygen atoms in total. The largest absolute Gasteiger partial charge is 0.467 e. The Morgan fingerprint density at radius 3 is 2.30 bits per heavy atom. The van der Waals surface area contributed by atoms with Crippen molar-refractivity contribution in [2.45, 2.75) is 45.7 Å². The number of benzene rings is 2. The maximum absolute atomic E-state index is 13.7. The highest BCUT2D eigenvalue weighted by molar-refractivity contribution is 5.96. The molecule has 0 atom stereocenters. The molecule has 4 rings (SSSR count). The van der Waals surface area contributed by atoms with Crippen LogP contribution in [0.5, 0.6) is 0 Å². The normalized spacial score (nSPS) is 13.8. The minimum absolute atomic E-state index is 0.0661. The predicted octanol–water partition coefficient (Wildman–Crippen LogP) is 5.15. The molecule has 1 aliphatic heterocycles. The lowest BCUT2D eigenvalue weighted by Gasteiger charge is -2.31. The van der Waals surface area contributed by atoms with Gasteiger partial charge in [-0.25, -0.2) is 4.39 Å². The Balaban J connectivity index is 1.49. The van der Waals surface area contributed by atoms with Crippen molar-refractivity contribution in [3.8, 4) is 0 Å². The van der Waals surface area contributed by atoms with Crippen molar-refractivity contribution in [2.24, 2.45) is 0 Å². The molecule has 1 fully saturated rings. The van der Waals surface area contributed by atoms with E-state index in [1.165, 1.54) is 30.5 Å². The summed E-state index contributed by atoms with van der Waals surface area (Å²) in [5, 5.41) is 0. The van der Waals surface area contributed by atoms with Gasteiger partial charge in [0.2, 0.25) is 5.91 Å². The number of carbonyl (C=O) groups excluding carboxylic acids is 2. The van der Waals surface area contributed by atoms with Gasteiger partial charge in [-0.2, -0.15) is 0 Å². The molecule has 3 aromatic rings. The first kappa shape index (κ1) is 29.5. The van der Waals surface area contributed by atoms with Crippen LogP contribution in [-0.4, -0.2) is 72.5 Å². The van der Waals surface area contributed by atoms with E-state index in [2.05, 4.69) is 11.8 Å². The fourth-order valence-electron chi connectivity index (χ4n) is 4.81. The first-order chi connectivity index (χ1) is 19.5. The van der Waals surface area contributed by atoms with Gasteiger partial charge < -0.3 is 19.0 Å². The summed E-state index contributed by atoms with van der Waals surface area (Å²) in [6.45, 7) is 6.67. The molecule has 0 spiro atoms. The minimum atomic E-state index is -0.330. The zero-order valence-electron chi connectivity index (χ0n) is 23.4. The van der Waals surface area contributed by atoms with E-state index >= 15 is 0 Å². The number of morpholine rings is 1. The van der Waals surface area contributed by atoms with Gasteiger partial charge in [0.15, 0.2) is 0 Å². The second kappa shape index (κ2) is 15.3. The SMILES string of the molecule is CCCCCc1ccc(C(=O)N(CCN2CCOCC2)CC(=O)N(Cc2ccc(F)cc2)Cc2ccco2)cc1. The molecule has 40 heavy (non-hydrogen) atoms. The van der Waals surface area contributed by atoms with E-state index in [9.17, 15) is 14.0 Å². The van der Waals surface area contributed by atoms with Crippen molar-refractivity contribution >= 4 is 11.8 Å². The number of aryl methyl sites for hydroxylation is 1. The molecule has 0 bridgehead atoms. The average molecular weight is 550 g/mol. The number of halogens is 1. The number of hydrogen-bond acceptors (Lipinski definition) is 5. The monoisotopic (exact) mass is 549 g/mol. The number of nitrogens with zero attached hydrogens (tertiary/aromatic N) is 3. The van der Waals surface area contributed by atoms with E-state index in [0.717, 1.165) is 31.5 Å². The highest BCUT2D eigenvalue weighted by atomic mass is 19.1. The van der Waals surface area contributed by atoms with E-state index in [1.807, 2.05) is 30.3 Å². The Hall–Kier alpha value is -3.49. The summed E-state index contributed by atoms with van der Waals surface area (Å²) in [4.78, 5) is 33.0. The Kier molecular flexibility index (Phi) is 11.3. The summed E-state index contributed by atoms with van der Waals surface area (Å²) in [5.41, 5.74) is 2.58. The lowest BCUT2D eigenvalue weighted by molar-refractivity contribution is -0.133. The number of hydrogen-bond donors (Lipinski definition) is 0. The molecule has 1 aromatic heterocycles. The van der Waals surface area contributed by atoms with E-state index in [4.69, 9.17) is 9.15 Å². The van der Waals surface area contributed by atoms with Crippen LogP contribution < -0.4 is 0 Å². The van der Waals surface area contributed by atoms with Crippen LogP contribution >= 0.6 is 0 Å². The Labute approximate surface area is 236 Å². The number of amides is 2. The maximum Gasteiger partial charge on any atom is 0.254 e. The van der Waals surface area contributed by atoms with Gasteiger partial charge in [-0.1, -0.05) is 44.0 Å². The van der Waals surface area contributed by atoms with Crippen molar-refractivity contribution < 1.29 is 23.1 Å². The smallest absolute Gasteiger partial charge is 0.254 e. The zero-order valence-corrected chi connectivity index (χ0v) is 23.4. The number of furan rings is 1. The van der Waals surface area contributed by atoms with E-state index < -0.39 is 0 Å². The van der Waals surface area contributed by atoms with Crippen LogP contribution in [-0.2, 0) is 29.0 Å². The Bertz CT molecular complexity index is 1180. The van der Waals surface area contributed by atoms with Gasteiger partial charge in [-0.05, 0) is 60.4 Å². The highest BCUT2D eigenvalue weighted by Crippen LogP contribution is 2.15. The molecule has 0 N–H and O–H groups in total. The van der Waals surface area contributed by atoms with Crippen molar-refractivity contribution in [1.82, 2.24) is 14.7 Å². The third-order valence-corrected chi connectivity index (χ3v) is 7.24. The summed E-state index contributed by atoms with van der Waals surface area (Å²) in [6, 6.07) is 17.5. The molecule has 214 valence electrons. The first-order valence-corrected chi connectivity index (χ1v) is 14.2. The minimum Gasteiger partial charge on any atom is -0.467 e. The molecule has 0 aliphatic carbocycles. The van der Waals surface area contributed by atoms with Gasteiger partial charge in [0.05, 0.1) is 26.0 Å². The van der Waals surface area contributed by atoms with Crippen molar-refractivity contribution in [3.63, 3.8) is 0 Å². The Morgan fingerprint density at radius 1 is 0.900 bits per heavy atom. The summed E-state index contributed by atoms with van der Waals surface area (Å²) in [7, 11) is 0. The fourth-order valence-corrected chi connectivity index (χ4v) is 4.81. The first-order valence-electron chi connectivity index (χ1n) is 14.2. The molecule has 2 aromatic carbocycles. The van der Waals surface area contributed by atoms with E-state index in [0.29, 0.717) is 37.6 Å². The molecule has 2 heterocycles. The van der Waals surface area contributed by atoms with Crippen molar-refractivity contribution in [2.75, 3.05) is 45.9 Å². The molecular formula is C32H40FN3O4. The van der Waals surface area contributed by atoms with E-state index in [1.54, 1.807) is 34.3 Å². The second-order valence-corrected chi connectivity index (χ2v) is 10.3. The molecule has 0 radical (unpaired) electrons. The van der Waals surface area contributed by atoms with Gasteiger partial charge in [0.25, 0.3) is 5.91 Å². The number of ether oxygens (including phenoxy) is 1. The van der Waals surface area contributed by atoms with Crippen LogP contribution in [0.1, 0.15) is 53.4 Å². The lowest BCUT2D eigenvalue weighted by Crippen LogP contribution is -2.47. The van der Waals surface area contributed by atoms with Gasteiger partial charge in [0.1, 0.15) is 18.1 Å². The number of rotatable bonds is 14. The molecule has 1 saturated heterocycles. The van der Waals surface area contributed by atoms with Crippen LogP contribution in [0.2, 0.25) is 0 Å².